The molecule has 0 aromatic heterocycles. The van der Waals surface area contributed by atoms with Crippen LogP contribution in [0.2, 0.25) is 0 Å². The molecule has 0 N–H and O–H groups in total. The molecule has 4 aromatic carbocycles. The van der Waals surface area contributed by atoms with Gasteiger partial charge in [0.1, 0.15) is 0 Å². The highest BCUT2D eigenvalue weighted by atomic mass is 79.9. The number of fused-ring (bicyclic) bond motifs is 1. The molecule has 1 amide bonds. The fourth-order valence-electron chi connectivity index (χ4n) is 4.38. The molecule has 1 aliphatic rings. The van der Waals surface area contributed by atoms with Crippen molar-refractivity contribution in [2.45, 2.75) is 4.90 Å². The van der Waals surface area contributed by atoms with Crippen molar-refractivity contribution < 1.29 is 13.2 Å². The van der Waals surface area contributed by atoms with Gasteiger partial charge in [-0.05, 0) is 64.4 Å². The van der Waals surface area contributed by atoms with Gasteiger partial charge in [0.25, 0.3) is 5.91 Å². The van der Waals surface area contributed by atoms with Crippen LogP contribution in [0.25, 0.3) is 26.7 Å². The van der Waals surface area contributed by atoms with Gasteiger partial charge in [-0.25, -0.2) is 13.3 Å². The zero-order valence-electron chi connectivity index (χ0n) is 19.3. The van der Waals surface area contributed by atoms with E-state index in [1.807, 2.05) is 54.6 Å². The van der Waals surface area contributed by atoms with E-state index in [1.54, 1.807) is 35.2 Å². The molecule has 0 bridgehead atoms. The smallest absolute Gasteiger partial charge is 0.253 e. The fraction of sp³-hybridized carbons (Fsp3) is 0.143. The van der Waals surface area contributed by atoms with Crippen molar-refractivity contribution in [2.75, 3.05) is 26.2 Å². The Morgan fingerprint density at radius 1 is 0.806 bits per heavy atom. The number of rotatable bonds is 4. The molecular formula is C28H22BrN3O3S. The summed E-state index contributed by atoms with van der Waals surface area (Å²) in [6, 6.07) is 25.5. The van der Waals surface area contributed by atoms with Crippen LogP contribution in [-0.2, 0) is 10.0 Å². The summed E-state index contributed by atoms with van der Waals surface area (Å²) < 4.78 is 28.9. The average molecular weight is 560 g/mol. The minimum absolute atomic E-state index is 0.121. The molecule has 1 fully saturated rings. The Labute approximate surface area is 218 Å². The van der Waals surface area contributed by atoms with E-state index in [1.165, 1.54) is 4.31 Å². The van der Waals surface area contributed by atoms with Gasteiger partial charge in [-0.15, -0.1) is 0 Å². The van der Waals surface area contributed by atoms with Gasteiger partial charge in [0.2, 0.25) is 10.0 Å². The number of amides is 1. The van der Waals surface area contributed by atoms with E-state index in [4.69, 9.17) is 6.57 Å². The number of sulfonamides is 1. The molecule has 1 heterocycles. The summed E-state index contributed by atoms with van der Waals surface area (Å²) in [5.41, 5.74) is 2.97. The van der Waals surface area contributed by atoms with E-state index in [9.17, 15) is 13.2 Å². The number of benzene rings is 4. The third kappa shape index (κ3) is 4.78. The lowest BCUT2D eigenvalue weighted by Crippen LogP contribution is -2.50. The number of hydrogen-bond donors (Lipinski definition) is 0. The number of carbonyl (C=O) groups excluding carboxylic acids is 1. The Kier molecular flexibility index (Phi) is 6.63. The SMILES string of the molecule is [C-]#[N+]c1cccc(-c2ccc(C(=O)N3CCN(S(=O)(=O)c4ccc5cc(Br)ccc5c4)CC3)cc2)c1. The van der Waals surface area contributed by atoms with E-state index in [2.05, 4.69) is 20.8 Å². The maximum atomic E-state index is 13.3. The predicted molar refractivity (Wildman–Crippen MR) is 144 cm³/mol. The third-order valence-electron chi connectivity index (χ3n) is 6.38. The van der Waals surface area contributed by atoms with Crippen molar-refractivity contribution in [3.8, 4) is 11.1 Å². The molecule has 4 aromatic rings. The number of halogens is 1. The minimum atomic E-state index is -3.66. The van der Waals surface area contributed by atoms with Crippen molar-refractivity contribution in [1.82, 2.24) is 9.21 Å². The molecule has 0 radical (unpaired) electrons. The summed E-state index contributed by atoms with van der Waals surface area (Å²) in [6.07, 6.45) is 0. The van der Waals surface area contributed by atoms with Crippen molar-refractivity contribution in [3.05, 3.63) is 106 Å². The summed E-state index contributed by atoms with van der Waals surface area (Å²) in [6.45, 7) is 8.32. The first-order valence-electron chi connectivity index (χ1n) is 11.4. The molecule has 6 nitrogen and oxygen atoms in total. The van der Waals surface area contributed by atoms with Crippen LogP contribution < -0.4 is 0 Å². The van der Waals surface area contributed by atoms with Gasteiger partial charge in [-0.3, -0.25) is 4.79 Å². The maximum absolute atomic E-state index is 13.3. The molecule has 0 aliphatic carbocycles. The zero-order valence-corrected chi connectivity index (χ0v) is 21.7. The first-order valence-corrected chi connectivity index (χ1v) is 13.7. The summed E-state index contributed by atoms with van der Waals surface area (Å²) in [5.74, 6) is -0.121. The summed E-state index contributed by atoms with van der Waals surface area (Å²) in [4.78, 5) is 18.5. The minimum Gasteiger partial charge on any atom is -0.336 e. The Bertz CT molecular complexity index is 1600. The molecule has 1 aliphatic heterocycles. The Morgan fingerprint density at radius 3 is 2.22 bits per heavy atom. The highest BCUT2D eigenvalue weighted by Gasteiger charge is 2.30. The first kappa shape index (κ1) is 24.2. The lowest BCUT2D eigenvalue weighted by atomic mass is 10.0. The van der Waals surface area contributed by atoms with Crippen molar-refractivity contribution >= 4 is 48.3 Å². The van der Waals surface area contributed by atoms with Gasteiger partial charge in [-0.1, -0.05) is 58.4 Å². The van der Waals surface area contributed by atoms with Gasteiger partial charge < -0.3 is 4.90 Å². The van der Waals surface area contributed by atoms with Crippen LogP contribution >= 0.6 is 15.9 Å². The normalized spacial score (nSPS) is 14.5. The quantitative estimate of drug-likeness (QED) is 0.289. The Hall–Kier alpha value is -3.51. The largest absolute Gasteiger partial charge is 0.336 e. The molecule has 0 spiro atoms. The van der Waals surface area contributed by atoms with Crippen LogP contribution in [0.15, 0.2) is 94.3 Å². The van der Waals surface area contributed by atoms with Gasteiger partial charge in [0.15, 0.2) is 5.69 Å². The zero-order chi connectivity index (χ0) is 25.3. The highest BCUT2D eigenvalue weighted by Crippen LogP contribution is 2.27. The van der Waals surface area contributed by atoms with E-state index in [0.29, 0.717) is 24.3 Å². The number of piperazine rings is 1. The summed E-state index contributed by atoms with van der Waals surface area (Å²) in [7, 11) is -3.66. The van der Waals surface area contributed by atoms with Crippen LogP contribution in [0.1, 0.15) is 10.4 Å². The predicted octanol–water partition coefficient (Wildman–Crippen LogP) is 5.97. The topological polar surface area (TPSA) is 62.1 Å². The van der Waals surface area contributed by atoms with Crippen LogP contribution in [0, 0.1) is 6.57 Å². The van der Waals surface area contributed by atoms with Crippen LogP contribution in [-0.4, -0.2) is 49.7 Å². The summed E-state index contributed by atoms with van der Waals surface area (Å²) in [5, 5.41) is 1.82. The van der Waals surface area contributed by atoms with Crippen LogP contribution in [0.3, 0.4) is 0 Å². The van der Waals surface area contributed by atoms with Gasteiger partial charge in [0, 0.05) is 36.2 Å². The third-order valence-corrected chi connectivity index (χ3v) is 8.77. The second-order valence-electron chi connectivity index (χ2n) is 8.59. The maximum Gasteiger partial charge on any atom is 0.253 e. The van der Waals surface area contributed by atoms with Crippen molar-refractivity contribution in [1.29, 1.82) is 0 Å². The van der Waals surface area contributed by atoms with Gasteiger partial charge >= 0.3 is 0 Å². The molecule has 0 saturated carbocycles. The van der Waals surface area contributed by atoms with Crippen LogP contribution in [0.5, 0.6) is 0 Å². The van der Waals surface area contributed by atoms with Gasteiger partial charge in [0.05, 0.1) is 11.5 Å². The summed E-state index contributed by atoms with van der Waals surface area (Å²) >= 11 is 3.44. The lowest BCUT2D eigenvalue weighted by molar-refractivity contribution is 0.0698. The molecular weight excluding hydrogens is 538 g/mol. The molecule has 180 valence electrons. The number of nitrogens with zero attached hydrogens (tertiary/aromatic N) is 3. The van der Waals surface area contributed by atoms with E-state index >= 15 is 0 Å². The molecule has 36 heavy (non-hydrogen) atoms. The fourth-order valence-corrected chi connectivity index (χ4v) is 6.22. The lowest BCUT2D eigenvalue weighted by Gasteiger charge is -2.34. The van der Waals surface area contributed by atoms with E-state index in [-0.39, 0.29) is 23.9 Å². The number of hydrogen-bond acceptors (Lipinski definition) is 3. The second-order valence-corrected chi connectivity index (χ2v) is 11.4. The highest BCUT2D eigenvalue weighted by molar-refractivity contribution is 9.10. The Balaban J connectivity index is 1.26. The monoisotopic (exact) mass is 559 g/mol. The van der Waals surface area contributed by atoms with Crippen LogP contribution in [0.4, 0.5) is 5.69 Å². The molecule has 1 saturated heterocycles. The van der Waals surface area contributed by atoms with E-state index in [0.717, 1.165) is 26.4 Å². The van der Waals surface area contributed by atoms with Crippen molar-refractivity contribution in [3.63, 3.8) is 0 Å². The first-order chi connectivity index (χ1) is 17.3. The number of carbonyl (C=O) groups is 1. The van der Waals surface area contributed by atoms with Crippen molar-refractivity contribution in [2.24, 2.45) is 0 Å². The second kappa shape index (κ2) is 9.86. The molecule has 0 unspecified atom stereocenters. The molecule has 0 atom stereocenters. The molecule has 8 heteroatoms. The molecule has 5 rings (SSSR count). The van der Waals surface area contributed by atoms with E-state index < -0.39 is 10.0 Å². The van der Waals surface area contributed by atoms with Gasteiger partial charge in [-0.2, -0.15) is 4.31 Å². The Morgan fingerprint density at radius 2 is 1.50 bits per heavy atom. The average Bonchev–Trinajstić information content (AvgIpc) is 2.92. The standard InChI is InChI=1S/C28H22BrN3O3S/c1-30-26-4-2-3-22(18-26)20-5-7-21(8-6-20)28(33)31-13-15-32(16-14-31)36(34,35)27-12-10-23-17-25(29)11-9-24(23)19-27/h2-12,17-19H,13-16H2.